The molecule has 0 bridgehead atoms. The molecule has 0 aliphatic rings. The molecule has 14 heavy (non-hydrogen) atoms. The maximum absolute atomic E-state index is 5.76. The van der Waals surface area contributed by atoms with Crippen LogP contribution in [0.15, 0.2) is 18.5 Å². The van der Waals surface area contributed by atoms with Crippen molar-refractivity contribution in [2.45, 2.75) is 6.92 Å². The molecule has 2 N–H and O–H groups in total. The van der Waals surface area contributed by atoms with Crippen molar-refractivity contribution in [1.82, 2.24) is 9.55 Å². The molecule has 0 aliphatic heterocycles. The van der Waals surface area contributed by atoms with Gasteiger partial charge in [-0.15, -0.1) is 0 Å². The number of aryl methyl sites for hydroxylation is 1. The molecule has 0 unspecified atom stereocenters. The monoisotopic (exact) mass is 191 g/mol. The average Bonchev–Trinajstić information content (AvgIpc) is 2.49. The van der Waals surface area contributed by atoms with Gasteiger partial charge in [0.05, 0.1) is 18.5 Å². The maximum Gasteiger partial charge on any atom is 0.149 e. The fourth-order valence-electron chi connectivity index (χ4n) is 1.48. The van der Waals surface area contributed by atoms with Gasteiger partial charge in [-0.3, -0.25) is 0 Å². The van der Waals surface area contributed by atoms with Gasteiger partial charge >= 0.3 is 0 Å². The van der Waals surface area contributed by atoms with Crippen molar-refractivity contribution in [1.29, 1.82) is 0 Å². The Kier molecular flexibility index (Phi) is 2.04. The summed E-state index contributed by atoms with van der Waals surface area (Å²) in [6, 6.07) is 3.70. The molecule has 0 saturated heterocycles. The van der Waals surface area contributed by atoms with Crippen LogP contribution in [0.25, 0.3) is 11.0 Å². The highest BCUT2D eigenvalue weighted by molar-refractivity contribution is 5.85. The molecule has 2 rings (SSSR count). The van der Waals surface area contributed by atoms with Gasteiger partial charge in [0.1, 0.15) is 11.3 Å². The normalized spacial score (nSPS) is 10.7. The molecule has 0 radical (unpaired) electrons. The lowest BCUT2D eigenvalue weighted by molar-refractivity contribution is 0.344. The van der Waals surface area contributed by atoms with E-state index in [0.717, 1.165) is 16.8 Å². The number of fused-ring (bicyclic) bond motifs is 1. The molecule has 0 fully saturated rings. The van der Waals surface area contributed by atoms with Crippen molar-refractivity contribution < 1.29 is 4.74 Å². The fourth-order valence-corrected chi connectivity index (χ4v) is 1.48. The second-order valence-corrected chi connectivity index (χ2v) is 3.18. The standard InChI is InChI=1S/C10H13N3O/c1-3-14-9-5-7(11)4-8-10(9)12-6-13(8)2/h4-6H,3,11H2,1-2H3. The van der Waals surface area contributed by atoms with Crippen molar-refractivity contribution >= 4 is 16.7 Å². The first-order valence-electron chi connectivity index (χ1n) is 4.55. The molecule has 1 heterocycles. The zero-order valence-corrected chi connectivity index (χ0v) is 8.32. The number of anilines is 1. The van der Waals surface area contributed by atoms with Crippen molar-refractivity contribution in [3.05, 3.63) is 18.5 Å². The molecule has 4 nitrogen and oxygen atoms in total. The van der Waals surface area contributed by atoms with E-state index >= 15 is 0 Å². The summed E-state index contributed by atoms with van der Waals surface area (Å²) >= 11 is 0. The minimum Gasteiger partial charge on any atom is -0.491 e. The van der Waals surface area contributed by atoms with E-state index in [1.807, 2.05) is 24.6 Å². The second-order valence-electron chi connectivity index (χ2n) is 3.18. The molecular weight excluding hydrogens is 178 g/mol. The molecule has 74 valence electrons. The van der Waals surface area contributed by atoms with Gasteiger partial charge in [-0.1, -0.05) is 0 Å². The number of aromatic nitrogens is 2. The summed E-state index contributed by atoms with van der Waals surface area (Å²) < 4.78 is 7.38. The predicted molar refractivity (Wildman–Crippen MR) is 56.3 cm³/mol. The van der Waals surface area contributed by atoms with Crippen molar-refractivity contribution in [2.75, 3.05) is 12.3 Å². The summed E-state index contributed by atoms with van der Waals surface area (Å²) in [5.74, 6) is 0.753. The van der Waals surface area contributed by atoms with Crippen molar-refractivity contribution in [3.63, 3.8) is 0 Å². The number of imidazole rings is 1. The number of nitrogens with zero attached hydrogens (tertiary/aromatic N) is 2. The van der Waals surface area contributed by atoms with Crippen LogP contribution in [0.5, 0.6) is 5.75 Å². The van der Waals surface area contributed by atoms with E-state index in [0.29, 0.717) is 12.3 Å². The van der Waals surface area contributed by atoms with Gasteiger partial charge in [0.2, 0.25) is 0 Å². The van der Waals surface area contributed by atoms with Crippen LogP contribution in [0.2, 0.25) is 0 Å². The number of benzene rings is 1. The summed E-state index contributed by atoms with van der Waals surface area (Å²) in [5.41, 5.74) is 8.32. The van der Waals surface area contributed by atoms with Crippen molar-refractivity contribution in [2.24, 2.45) is 7.05 Å². The molecule has 0 amide bonds. The minimum atomic E-state index is 0.620. The lowest BCUT2D eigenvalue weighted by atomic mass is 10.2. The maximum atomic E-state index is 5.76. The van der Waals surface area contributed by atoms with E-state index < -0.39 is 0 Å². The summed E-state index contributed by atoms with van der Waals surface area (Å²) in [5, 5.41) is 0. The number of nitrogens with two attached hydrogens (primary N) is 1. The lowest BCUT2D eigenvalue weighted by Crippen LogP contribution is -1.95. The highest BCUT2D eigenvalue weighted by atomic mass is 16.5. The predicted octanol–water partition coefficient (Wildman–Crippen LogP) is 1.55. The van der Waals surface area contributed by atoms with Crippen LogP contribution in [0.3, 0.4) is 0 Å². The highest BCUT2D eigenvalue weighted by Crippen LogP contribution is 2.27. The summed E-state index contributed by atoms with van der Waals surface area (Å²) in [6.07, 6.45) is 1.76. The number of ether oxygens (including phenoxy) is 1. The third-order valence-electron chi connectivity index (χ3n) is 2.12. The Morgan fingerprint density at radius 2 is 2.29 bits per heavy atom. The fraction of sp³-hybridized carbons (Fsp3) is 0.300. The Hall–Kier alpha value is -1.71. The lowest BCUT2D eigenvalue weighted by Gasteiger charge is -2.05. The van der Waals surface area contributed by atoms with Gasteiger partial charge in [-0.05, 0) is 13.0 Å². The average molecular weight is 191 g/mol. The number of hydrogen-bond acceptors (Lipinski definition) is 3. The topological polar surface area (TPSA) is 53.1 Å². The van der Waals surface area contributed by atoms with Gasteiger partial charge in [0.25, 0.3) is 0 Å². The van der Waals surface area contributed by atoms with E-state index in [4.69, 9.17) is 10.5 Å². The molecule has 1 aromatic carbocycles. The Bertz CT molecular complexity index is 462. The van der Waals surface area contributed by atoms with Crippen LogP contribution in [-0.2, 0) is 7.05 Å². The second kappa shape index (κ2) is 3.21. The molecule has 0 aliphatic carbocycles. The van der Waals surface area contributed by atoms with E-state index in [9.17, 15) is 0 Å². The minimum absolute atomic E-state index is 0.620. The van der Waals surface area contributed by atoms with Gasteiger partial charge in [0, 0.05) is 18.8 Å². The quantitative estimate of drug-likeness (QED) is 0.733. The third-order valence-corrected chi connectivity index (χ3v) is 2.12. The van der Waals surface area contributed by atoms with Gasteiger partial charge < -0.3 is 15.0 Å². The Morgan fingerprint density at radius 3 is 3.00 bits per heavy atom. The van der Waals surface area contributed by atoms with Crippen LogP contribution in [0.4, 0.5) is 5.69 Å². The molecule has 1 aromatic heterocycles. The summed E-state index contributed by atoms with van der Waals surface area (Å²) in [7, 11) is 1.94. The van der Waals surface area contributed by atoms with E-state index in [-0.39, 0.29) is 0 Å². The first kappa shape index (κ1) is 8.87. The SMILES string of the molecule is CCOc1cc(N)cc2c1ncn2C. The Morgan fingerprint density at radius 1 is 1.50 bits per heavy atom. The van der Waals surface area contributed by atoms with E-state index in [1.165, 1.54) is 0 Å². The molecule has 0 saturated carbocycles. The first-order chi connectivity index (χ1) is 6.72. The smallest absolute Gasteiger partial charge is 0.149 e. The number of nitrogen functional groups attached to an aromatic ring is 1. The van der Waals surface area contributed by atoms with Crippen molar-refractivity contribution in [3.8, 4) is 5.75 Å². The van der Waals surface area contributed by atoms with Crippen LogP contribution >= 0.6 is 0 Å². The van der Waals surface area contributed by atoms with Crippen LogP contribution < -0.4 is 10.5 Å². The van der Waals surface area contributed by atoms with Gasteiger partial charge in [0.15, 0.2) is 0 Å². The Labute approximate surface area is 82.3 Å². The zero-order chi connectivity index (χ0) is 10.1. The number of hydrogen-bond donors (Lipinski definition) is 1. The zero-order valence-electron chi connectivity index (χ0n) is 8.32. The summed E-state index contributed by atoms with van der Waals surface area (Å²) in [6.45, 7) is 2.56. The van der Waals surface area contributed by atoms with Crippen LogP contribution in [0, 0.1) is 0 Å². The molecule has 0 spiro atoms. The first-order valence-corrected chi connectivity index (χ1v) is 4.55. The molecule has 4 heteroatoms. The van der Waals surface area contributed by atoms with E-state index in [2.05, 4.69) is 4.98 Å². The van der Waals surface area contributed by atoms with Gasteiger partial charge in [-0.25, -0.2) is 4.98 Å². The molecular formula is C10H13N3O. The summed E-state index contributed by atoms with van der Waals surface area (Å²) in [4.78, 5) is 4.26. The largest absolute Gasteiger partial charge is 0.491 e. The third kappa shape index (κ3) is 1.28. The van der Waals surface area contributed by atoms with Crippen LogP contribution in [-0.4, -0.2) is 16.2 Å². The number of rotatable bonds is 2. The molecule has 2 aromatic rings. The van der Waals surface area contributed by atoms with Gasteiger partial charge in [-0.2, -0.15) is 0 Å². The van der Waals surface area contributed by atoms with Crippen LogP contribution in [0.1, 0.15) is 6.92 Å². The van der Waals surface area contributed by atoms with E-state index in [1.54, 1.807) is 12.4 Å². The highest BCUT2D eigenvalue weighted by Gasteiger charge is 2.07. The molecule has 0 atom stereocenters. The Balaban J connectivity index is 2.68.